The van der Waals surface area contributed by atoms with E-state index in [1.165, 1.54) is 23.7 Å². The molecule has 1 amide bonds. The van der Waals surface area contributed by atoms with Gasteiger partial charge >= 0.3 is 0 Å². The largest absolute Gasteiger partial charge is 0.334 e. The molecule has 0 atom stereocenters. The van der Waals surface area contributed by atoms with Gasteiger partial charge in [0.25, 0.3) is 5.91 Å². The van der Waals surface area contributed by atoms with Crippen molar-refractivity contribution in [3.8, 4) is 16.9 Å². The van der Waals surface area contributed by atoms with E-state index < -0.39 is 5.95 Å². The highest BCUT2D eigenvalue weighted by Crippen LogP contribution is 2.34. The first-order chi connectivity index (χ1) is 13.1. The van der Waals surface area contributed by atoms with Crippen LogP contribution >= 0.6 is 0 Å². The summed E-state index contributed by atoms with van der Waals surface area (Å²) >= 11 is 0. The summed E-state index contributed by atoms with van der Waals surface area (Å²) in [5, 5.41) is 8.35. The van der Waals surface area contributed by atoms with Crippen molar-refractivity contribution in [1.29, 1.82) is 0 Å². The standard InChI is InChI=1S/C20H18FN5O/c1-12-18(23-24-26(12)17-3-2-8-22-19(17)21)14-6-7-16-15(9-14)11-25(20(16)27)10-13-4-5-13/h2-3,6-9,13H,4-5,10-11H2,1H3. The highest BCUT2D eigenvalue weighted by Gasteiger charge is 2.32. The van der Waals surface area contributed by atoms with Gasteiger partial charge in [0.05, 0.1) is 5.69 Å². The number of carbonyl (C=O) groups is 1. The fourth-order valence-electron chi connectivity index (χ4n) is 3.65. The Kier molecular flexibility index (Phi) is 3.56. The number of halogens is 1. The second-order valence-corrected chi connectivity index (χ2v) is 7.25. The molecule has 5 rings (SSSR count). The van der Waals surface area contributed by atoms with E-state index in [2.05, 4.69) is 15.3 Å². The quantitative estimate of drug-likeness (QED) is 0.668. The van der Waals surface area contributed by atoms with Crippen LogP contribution in [0.25, 0.3) is 16.9 Å². The molecule has 0 bridgehead atoms. The molecule has 0 saturated heterocycles. The molecule has 2 aromatic heterocycles. The molecule has 7 heteroatoms. The maximum atomic E-state index is 14.0. The van der Waals surface area contributed by atoms with E-state index in [1.807, 2.05) is 30.0 Å². The molecule has 1 fully saturated rings. The number of hydrogen-bond donors (Lipinski definition) is 0. The number of amides is 1. The van der Waals surface area contributed by atoms with Crippen molar-refractivity contribution < 1.29 is 9.18 Å². The number of benzene rings is 1. The maximum absolute atomic E-state index is 14.0. The van der Waals surface area contributed by atoms with Crippen molar-refractivity contribution in [1.82, 2.24) is 24.9 Å². The van der Waals surface area contributed by atoms with E-state index in [0.717, 1.165) is 28.9 Å². The lowest BCUT2D eigenvalue weighted by Gasteiger charge is -2.14. The van der Waals surface area contributed by atoms with Crippen molar-refractivity contribution in [2.45, 2.75) is 26.3 Å². The van der Waals surface area contributed by atoms with Crippen molar-refractivity contribution in [3.63, 3.8) is 0 Å². The fourth-order valence-corrected chi connectivity index (χ4v) is 3.65. The molecule has 1 aliphatic carbocycles. The molecule has 6 nitrogen and oxygen atoms in total. The second kappa shape index (κ2) is 5.97. The fraction of sp³-hybridized carbons (Fsp3) is 0.300. The molecular formula is C20H18FN5O. The van der Waals surface area contributed by atoms with Gasteiger partial charge in [-0.05, 0) is 55.5 Å². The summed E-state index contributed by atoms with van der Waals surface area (Å²) in [6.07, 6.45) is 3.84. The van der Waals surface area contributed by atoms with E-state index in [4.69, 9.17) is 0 Å². The lowest BCUT2D eigenvalue weighted by Crippen LogP contribution is -2.26. The molecule has 1 aliphatic heterocycles. The molecule has 2 aliphatic rings. The Balaban J connectivity index is 1.49. The molecule has 3 aromatic rings. The van der Waals surface area contributed by atoms with Crippen LogP contribution in [0.5, 0.6) is 0 Å². The Morgan fingerprint density at radius 1 is 1.26 bits per heavy atom. The molecule has 136 valence electrons. The average Bonchev–Trinajstić information content (AvgIpc) is 3.33. The van der Waals surface area contributed by atoms with Gasteiger partial charge in [-0.15, -0.1) is 5.10 Å². The SMILES string of the molecule is Cc1c(-c2ccc3c(c2)CN(CC2CC2)C3=O)nnn1-c1cccnc1F. The molecule has 27 heavy (non-hydrogen) atoms. The smallest absolute Gasteiger partial charge is 0.254 e. The number of carbonyl (C=O) groups excluding carboxylic acids is 1. The zero-order chi connectivity index (χ0) is 18.5. The first-order valence-electron chi connectivity index (χ1n) is 9.07. The third-order valence-corrected chi connectivity index (χ3v) is 5.30. The number of fused-ring (bicyclic) bond motifs is 1. The maximum Gasteiger partial charge on any atom is 0.254 e. The normalized spacial score (nSPS) is 16.1. The minimum atomic E-state index is -0.590. The van der Waals surface area contributed by atoms with Crippen LogP contribution in [-0.2, 0) is 6.54 Å². The van der Waals surface area contributed by atoms with Gasteiger partial charge in [0.1, 0.15) is 11.4 Å². The van der Waals surface area contributed by atoms with Gasteiger partial charge in [0.2, 0.25) is 5.95 Å². The number of rotatable bonds is 4. The van der Waals surface area contributed by atoms with E-state index in [9.17, 15) is 9.18 Å². The number of pyridine rings is 1. The molecule has 0 unspecified atom stereocenters. The van der Waals surface area contributed by atoms with Crippen molar-refractivity contribution in [3.05, 3.63) is 59.3 Å². The van der Waals surface area contributed by atoms with E-state index in [0.29, 0.717) is 18.2 Å². The monoisotopic (exact) mass is 363 g/mol. The van der Waals surface area contributed by atoms with Crippen LogP contribution < -0.4 is 0 Å². The number of aromatic nitrogens is 4. The Morgan fingerprint density at radius 3 is 2.89 bits per heavy atom. The summed E-state index contributed by atoms with van der Waals surface area (Å²) < 4.78 is 15.5. The first kappa shape index (κ1) is 16.1. The number of hydrogen-bond acceptors (Lipinski definition) is 4. The second-order valence-electron chi connectivity index (χ2n) is 7.25. The lowest BCUT2D eigenvalue weighted by atomic mass is 10.0. The van der Waals surface area contributed by atoms with Crippen LogP contribution in [0.15, 0.2) is 36.5 Å². The predicted molar refractivity (Wildman–Crippen MR) is 96.7 cm³/mol. The minimum absolute atomic E-state index is 0.112. The molecule has 1 aromatic carbocycles. The van der Waals surface area contributed by atoms with Crippen molar-refractivity contribution in [2.75, 3.05) is 6.54 Å². The van der Waals surface area contributed by atoms with E-state index in [1.54, 1.807) is 12.1 Å². The van der Waals surface area contributed by atoms with E-state index >= 15 is 0 Å². The molecule has 1 saturated carbocycles. The zero-order valence-corrected chi connectivity index (χ0v) is 14.9. The molecular weight excluding hydrogens is 345 g/mol. The Labute approximate surface area is 155 Å². The van der Waals surface area contributed by atoms with Gasteiger partial charge in [0, 0.05) is 30.4 Å². The third-order valence-electron chi connectivity index (χ3n) is 5.30. The van der Waals surface area contributed by atoms with Crippen LogP contribution in [-0.4, -0.2) is 37.3 Å². The highest BCUT2D eigenvalue weighted by molar-refractivity contribution is 5.99. The highest BCUT2D eigenvalue weighted by atomic mass is 19.1. The first-order valence-corrected chi connectivity index (χ1v) is 9.07. The van der Waals surface area contributed by atoms with Gasteiger partial charge in [0.15, 0.2) is 0 Å². The Morgan fingerprint density at radius 2 is 2.11 bits per heavy atom. The third kappa shape index (κ3) is 2.70. The summed E-state index contributed by atoms with van der Waals surface area (Å²) in [5.74, 6) is 0.188. The molecule has 0 N–H and O–H groups in total. The van der Waals surface area contributed by atoms with Crippen LogP contribution in [0.1, 0.15) is 34.5 Å². The van der Waals surface area contributed by atoms with Gasteiger partial charge in [-0.2, -0.15) is 4.39 Å². The summed E-state index contributed by atoms with van der Waals surface area (Å²) in [7, 11) is 0. The predicted octanol–water partition coefficient (Wildman–Crippen LogP) is 3.14. The molecule has 0 radical (unpaired) electrons. The number of nitrogens with zero attached hydrogens (tertiary/aromatic N) is 5. The lowest BCUT2D eigenvalue weighted by molar-refractivity contribution is 0.0771. The van der Waals surface area contributed by atoms with Gasteiger partial charge < -0.3 is 4.90 Å². The van der Waals surface area contributed by atoms with Crippen LogP contribution in [0.2, 0.25) is 0 Å². The van der Waals surface area contributed by atoms with Gasteiger partial charge in [-0.1, -0.05) is 11.3 Å². The Hall–Kier alpha value is -3.09. The van der Waals surface area contributed by atoms with Crippen molar-refractivity contribution in [2.24, 2.45) is 5.92 Å². The van der Waals surface area contributed by atoms with E-state index in [-0.39, 0.29) is 11.6 Å². The average molecular weight is 363 g/mol. The minimum Gasteiger partial charge on any atom is -0.334 e. The van der Waals surface area contributed by atoms with Gasteiger partial charge in [-0.3, -0.25) is 4.79 Å². The molecule has 3 heterocycles. The zero-order valence-electron chi connectivity index (χ0n) is 14.9. The van der Waals surface area contributed by atoms with Crippen LogP contribution in [0.4, 0.5) is 4.39 Å². The molecule has 0 spiro atoms. The van der Waals surface area contributed by atoms with Crippen LogP contribution in [0, 0.1) is 18.8 Å². The summed E-state index contributed by atoms with van der Waals surface area (Å²) in [5.41, 5.74) is 4.32. The summed E-state index contributed by atoms with van der Waals surface area (Å²) in [6.45, 7) is 3.33. The Bertz CT molecular complexity index is 1060. The van der Waals surface area contributed by atoms with Gasteiger partial charge in [-0.25, -0.2) is 9.67 Å². The topological polar surface area (TPSA) is 63.9 Å². The summed E-state index contributed by atoms with van der Waals surface area (Å²) in [4.78, 5) is 18.2. The van der Waals surface area contributed by atoms with Crippen molar-refractivity contribution >= 4 is 5.91 Å². The summed E-state index contributed by atoms with van der Waals surface area (Å²) in [6, 6.07) is 9.03. The van der Waals surface area contributed by atoms with Crippen LogP contribution in [0.3, 0.4) is 0 Å².